The number of para-hydroxylation sites is 3. The maximum atomic E-state index is 5.83. The van der Waals surface area contributed by atoms with Crippen LogP contribution in [0.3, 0.4) is 0 Å². The van der Waals surface area contributed by atoms with Gasteiger partial charge >= 0.3 is 0 Å². The number of fused-ring (bicyclic) bond motifs is 13. The highest BCUT2D eigenvalue weighted by molar-refractivity contribution is 6.15. The van der Waals surface area contributed by atoms with E-state index in [1.807, 2.05) is 0 Å². The summed E-state index contributed by atoms with van der Waals surface area (Å²) in [6, 6.07) is 128. The second-order valence-corrected chi connectivity index (χ2v) is 27.5. The van der Waals surface area contributed by atoms with Gasteiger partial charge in [0.1, 0.15) is 0 Å². The first kappa shape index (κ1) is 58.8. The van der Waals surface area contributed by atoms with Crippen molar-refractivity contribution in [1.29, 1.82) is 0 Å². The molecule has 0 saturated heterocycles. The number of hydrogen-bond acceptors (Lipinski definition) is 3. The molecule has 4 aromatic heterocycles. The Morgan fingerprint density at radius 2 is 0.510 bits per heavy atom. The fourth-order valence-corrected chi connectivity index (χ4v) is 16.5. The van der Waals surface area contributed by atoms with Crippen LogP contribution in [-0.2, 0) is 5.41 Å². The van der Waals surface area contributed by atoms with E-state index in [0.717, 1.165) is 105 Å². The Hall–Kier alpha value is -13.3. The minimum Gasteiger partial charge on any atom is -0.278 e. The van der Waals surface area contributed by atoms with Crippen LogP contribution in [0.2, 0.25) is 0 Å². The molecule has 6 heteroatoms. The molecule has 0 radical (unpaired) electrons. The van der Waals surface area contributed by atoms with Crippen LogP contribution < -0.4 is 0 Å². The molecule has 0 atom stereocenters. The van der Waals surface area contributed by atoms with Gasteiger partial charge in [-0.3, -0.25) is 13.7 Å². The van der Waals surface area contributed by atoms with E-state index in [2.05, 4.69) is 379 Å². The SMILES string of the molecule is CC1(C)c2ccccc2-c2ccc3c(c21)c1ccccc1n3-c1nc(-n2c3ccccc3c3ccc(-c4cccc(-c5cc(-c6ccccc6)cc(-c6ccccc6)c5)c4)cc32)nc(-n2c3ccccc3c3ccc(-c4cccc(-c5cc(-c6ccccc6)cc(-c6ccccc6)c5)c4)cc32)n1. The second kappa shape index (κ2) is 23.4. The maximum Gasteiger partial charge on any atom is 0.241 e. The van der Waals surface area contributed by atoms with Crippen molar-refractivity contribution in [2.24, 2.45) is 0 Å². The summed E-state index contributed by atoms with van der Waals surface area (Å²) in [6.07, 6.45) is 0. The van der Waals surface area contributed by atoms with Crippen molar-refractivity contribution < 1.29 is 0 Å². The largest absolute Gasteiger partial charge is 0.278 e. The molecule has 15 aromatic carbocycles. The molecule has 0 aliphatic heterocycles. The van der Waals surface area contributed by atoms with Crippen molar-refractivity contribution in [2.75, 3.05) is 0 Å². The molecule has 1 aliphatic carbocycles. The fourth-order valence-electron chi connectivity index (χ4n) is 16.5. The van der Waals surface area contributed by atoms with E-state index in [-0.39, 0.29) is 5.41 Å². The molecule has 20 rings (SSSR count). The van der Waals surface area contributed by atoms with Gasteiger partial charge in [-0.15, -0.1) is 0 Å². The summed E-state index contributed by atoms with van der Waals surface area (Å²) in [5.41, 5.74) is 29.2. The Kier molecular flexibility index (Phi) is 13.5. The molecule has 102 heavy (non-hydrogen) atoms. The first-order chi connectivity index (χ1) is 50.3. The Morgan fingerprint density at radius 3 is 0.941 bits per heavy atom. The average molecular weight is 1300 g/mol. The van der Waals surface area contributed by atoms with Crippen molar-refractivity contribution >= 4 is 65.4 Å². The number of rotatable bonds is 11. The van der Waals surface area contributed by atoms with Crippen molar-refractivity contribution in [3.05, 3.63) is 363 Å². The van der Waals surface area contributed by atoms with Crippen LogP contribution in [-0.4, -0.2) is 28.7 Å². The fraction of sp³-hybridized carbons (Fsp3) is 0.0312. The molecule has 0 spiro atoms. The van der Waals surface area contributed by atoms with Crippen LogP contribution in [0.1, 0.15) is 25.0 Å². The van der Waals surface area contributed by atoms with Gasteiger partial charge in [0.2, 0.25) is 17.8 Å². The van der Waals surface area contributed by atoms with E-state index in [1.54, 1.807) is 0 Å². The van der Waals surface area contributed by atoms with E-state index < -0.39 is 0 Å². The van der Waals surface area contributed by atoms with E-state index >= 15 is 0 Å². The van der Waals surface area contributed by atoms with Crippen molar-refractivity contribution in [1.82, 2.24) is 28.7 Å². The number of benzene rings is 15. The smallest absolute Gasteiger partial charge is 0.241 e. The van der Waals surface area contributed by atoms with Gasteiger partial charge in [-0.1, -0.05) is 281 Å². The molecule has 1 aliphatic rings. The molecule has 19 aromatic rings. The van der Waals surface area contributed by atoms with Crippen LogP contribution in [0.4, 0.5) is 0 Å². The normalized spacial score (nSPS) is 12.5. The summed E-state index contributed by atoms with van der Waals surface area (Å²) in [4.78, 5) is 17.5. The molecule has 0 N–H and O–H groups in total. The lowest BCUT2D eigenvalue weighted by Gasteiger charge is -2.22. The zero-order chi connectivity index (χ0) is 67.6. The number of aromatic nitrogens is 6. The van der Waals surface area contributed by atoms with Crippen LogP contribution in [0.15, 0.2) is 352 Å². The highest BCUT2D eigenvalue weighted by Crippen LogP contribution is 2.53. The first-order valence-corrected chi connectivity index (χ1v) is 35.0. The third kappa shape index (κ3) is 9.59. The van der Waals surface area contributed by atoms with Crippen LogP contribution >= 0.6 is 0 Å². The topological polar surface area (TPSA) is 53.5 Å². The summed E-state index contributed by atoms with van der Waals surface area (Å²) in [7, 11) is 0. The molecule has 0 saturated carbocycles. The van der Waals surface area contributed by atoms with Gasteiger partial charge in [-0.25, -0.2) is 0 Å². The molecular weight excluding hydrogens is 1240 g/mol. The highest BCUT2D eigenvalue weighted by Gasteiger charge is 2.38. The van der Waals surface area contributed by atoms with Gasteiger partial charge in [0, 0.05) is 37.7 Å². The second-order valence-electron chi connectivity index (χ2n) is 27.5. The van der Waals surface area contributed by atoms with E-state index in [4.69, 9.17) is 15.0 Å². The summed E-state index contributed by atoms with van der Waals surface area (Å²) in [6.45, 7) is 4.75. The van der Waals surface area contributed by atoms with E-state index in [0.29, 0.717) is 17.8 Å². The molecule has 0 amide bonds. The van der Waals surface area contributed by atoms with Gasteiger partial charge in [0.25, 0.3) is 0 Å². The molecule has 0 unspecified atom stereocenters. The quantitative estimate of drug-likeness (QED) is 0.130. The summed E-state index contributed by atoms with van der Waals surface area (Å²) < 4.78 is 6.84. The Balaban J connectivity index is 0.802. The van der Waals surface area contributed by atoms with Crippen molar-refractivity contribution in [3.8, 4) is 118 Å². The van der Waals surface area contributed by atoms with Gasteiger partial charge in [-0.2, -0.15) is 15.0 Å². The zero-order valence-electron chi connectivity index (χ0n) is 56.2. The van der Waals surface area contributed by atoms with Crippen molar-refractivity contribution in [2.45, 2.75) is 19.3 Å². The Morgan fingerprint density at radius 1 is 0.206 bits per heavy atom. The summed E-state index contributed by atoms with van der Waals surface area (Å²) in [5.74, 6) is 1.51. The lowest BCUT2D eigenvalue weighted by atomic mass is 9.80. The van der Waals surface area contributed by atoms with Gasteiger partial charge in [0.05, 0.1) is 33.1 Å². The minimum absolute atomic E-state index is 0.287. The maximum absolute atomic E-state index is 5.83. The van der Waals surface area contributed by atoms with E-state index in [9.17, 15) is 0 Å². The minimum atomic E-state index is -0.287. The molecule has 478 valence electrons. The molecule has 6 nitrogen and oxygen atoms in total. The van der Waals surface area contributed by atoms with Gasteiger partial charge in [0.15, 0.2) is 0 Å². The first-order valence-electron chi connectivity index (χ1n) is 35.0. The third-order valence-electron chi connectivity index (χ3n) is 21.3. The standard InChI is InChI=1S/C96H64N6/c1-96(2)84-41-19-15-37-77(84)82-49-50-88-91(92(82)96)83-40-18-22-44-87(83)100(88)93-97-94(101-85-42-20-16-38-78(85)80-47-45-69(59-89(80)101)65-33-23-35-67(51-65)75-55-71(61-25-7-3-8-26-61)53-72(56-75)62-27-9-4-10-28-62)99-95(98-93)102-86-43-21-17-39-79(86)81-48-46-70(60-90(81)102)66-34-24-36-68(52-66)76-57-73(63-29-11-5-12-30-63)54-74(58-76)64-31-13-6-14-32-64/h3-60H,1-2H3. The lowest BCUT2D eigenvalue weighted by molar-refractivity contribution is 0.666. The molecular formula is C96H64N6. The third-order valence-corrected chi connectivity index (χ3v) is 21.3. The van der Waals surface area contributed by atoms with Crippen LogP contribution in [0.5, 0.6) is 0 Å². The Bertz CT molecular complexity index is 6150. The van der Waals surface area contributed by atoms with Gasteiger partial charge < -0.3 is 0 Å². The van der Waals surface area contributed by atoms with Crippen molar-refractivity contribution in [3.63, 3.8) is 0 Å². The number of nitrogens with zero attached hydrogens (tertiary/aromatic N) is 6. The molecule has 4 heterocycles. The monoisotopic (exact) mass is 1300 g/mol. The average Bonchev–Trinajstić information content (AvgIpc) is 1.54. The zero-order valence-corrected chi connectivity index (χ0v) is 56.2. The molecule has 0 bridgehead atoms. The van der Waals surface area contributed by atoms with E-state index in [1.165, 1.54) is 72.1 Å². The van der Waals surface area contributed by atoms with Crippen LogP contribution in [0.25, 0.3) is 183 Å². The number of hydrogen-bond donors (Lipinski definition) is 0. The predicted molar refractivity (Wildman–Crippen MR) is 424 cm³/mol. The highest BCUT2D eigenvalue weighted by atomic mass is 15.3. The summed E-state index contributed by atoms with van der Waals surface area (Å²) >= 11 is 0. The predicted octanol–water partition coefficient (Wildman–Crippen LogP) is 24.8. The molecule has 0 fully saturated rings. The summed E-state index contributed by atoms with van der Waals surface area (Å²) in [5, 5.41) is 6.74. The Labute approximate surface area is 590 Å². The van der Waals surface area contributed by atoms with Gasteiger partial charge in [-0.05, 0) is 196 Å². The van der Waals surface area contributed by atoms with Crippen LogP contribution in [0, 0.1) is 0 Å². The lowest BCUT2D eigenvalue weighted by Crippen LogP contribution is -2.15.